The minimum Gasteiger partial charge on any atom is -0.274 e. The normalized spacial score (nSPS) is 13.2. The molecule has 0 fully saturated rings. The summed E-state index contributed by atoms with van der Waals surface area (Å²) in [7, 11) is -0.201. The third kappa shape index (κ3) is 3.63. The van der Waals surface area contributed by atoms with Crippen molar-refractivity contribution in [3.8, 4) is 0 Å². The Balaban J connectivity index is 2.28. The molecule has 6 nitrogen and oxygen atoms in total. The van der Waals surface area contributed by atoms with E-state index in [0.717, 1.165) is 0 Å². The molecule has 0 aliphatic carbocycles. The summed E-state index contributed by atoms with van der Waals surface area (Å²) in [5, 5.41) is 2.04. The lowest BCUT2D eigenvalue weighted by Gasteiger charge is -2.11. The smallest absolute Gasteiger partial charge is 0.274 e. The van der Waals surface area contributed by atoms with E-state index in [0.29, 0.717) is 0 Å². The first-order valence-electron chi connectivity index (χ1n) is 5.16. The molecule has 114 valence electrons. The van der Waals surface area contributed by atoms with Crippen LogP contribution in [0, 0.1) is 0 Å². The van der Waals surface area contributed by atoms with Gasteiger partial charge in [-0.05, 0) is 0 Å². The fourth-order valence-corrected chi connectivity index (χ4v) is 2.69. The van der Waals surface area contributed by atoms with Crippen LogP contribution in [0.15, 0.2) is 17.3 Å². The summed E-state index contributed by atoms with van der Waals surface area (Å²) in [5.41, 5.74) is -1.34. The van der Waals surface area contributed by atoms with Crippen LogP contribution in [-0.2, 0) is 24.2 Å². The maximum Gasteiger partial charge on any atom is 0.422 e. The largest absolute Gasteiger partial charge is 0.422 e. The monoisotopic (exact) mass is 359 g/mol. The van der Waals surface area contributed by atoms with Gasteiger partial charge in [0.05, 0.1) is 11.1 Å². The highest BCUT2D eigenvalue weighted by molar-refractivity contribution is 7.86. The van der Waals surface area contributed by atoms with E-state index >= 15 is 0 Å². The zero-order chi connectivity index (χ0) is 15.8. The number of rotatable bonds is 3. The molecule has 2 aromatic heterocycles. The van der Waals surface area contributed by atoms with Gasteiger partial charge < -0.3 is 0 Å². The molecule has 0 aromatic carbocycles. The number of anilines is 1. The molecule has 1 unspecified atom stereocenters. The number of hydrogen-bond donors (Lipinski definition) is 1. The second-order valence-corrected chi connectivity index (χ2v) is 5.65. The van der Waals surface area contributed by atoms with Gasteiger partial charge in [-0.25, -0.2) is 4.21 Å². The van der Waals surface area contributed by atoms with Gasteiger partial charge in [-0.2, -0.15) is 28.2 Å². The summed E-state index contributed by atoms with van der Waals surface area (Å²) in [4.78, 5) is 7.07. The van der Waals surface area contributed by atoms with Crippen molar-refractivity contribution >= 4 is 40.1 Å². The number of nitrogens with one attached hydrogen (secondary N) is 1. The molecule has 21 heavy (non-hydrogen) atoms. The van der Waals surface area contributed by atoms with Crippen molar-refractivity contribution in [1.29, 1.82) is 0 Å². The van der Waals surface area contributed by atoms with Crippen molar-refractivity contribution in [2.45, 2.75) is 11.1 Å². The Labute approximate surface area is 128 Å². The zero-order valence-corrected chi connectivity index (χ0v) is 12.5. The maximum atomic E-state index is 12.6. The van der Waals surface area contributed by atoms with Crippen LogP contribution < -0.4 is 4.72 Å². The summed E-state index contributed by atoms with van der Waals surface area (Å²) < 4.78 is 53.5. The first kappa shape index (κ1) is 16.0. The van der Waals surface area contributed by atoms with Gasteiger partial charge in [0.15, 0.2) is 11.0 Å². The van der Waals surface area contributed by atoms with Crippen LogP contribution in [0.2, 0.25) is 10.3 Å². The molecule has 0 saturated carbocycles. The molecule has 0 amide bonds. The number of hydrogen-bond acceptors (Lipinski definition) is 4. The summed E-state index contributed by atoms with van der Waals surface area (Å²) in [6, 6.07) is 0. The van der Waals surface area contributed by atoms with Crippen molar-refractivity contribution in [2.24, 2.45) is 7.05 Å². The van der Waals surface area contributed by atoms with Gasteiger partial charge in [0.25, 0.3) is 0 Å². The van der Waals surface area contributed by atoms with Crippen LogP contribution in [0.5, 0.6) is 0 Å². The minimum absolute atomic E-state index is 0.285. The van der Waals surface area contributed by atoms with E-state index in [1.54, 1.807) is 7.05 Å². The van der Waals surface area contributed by atoms with Crippen LogP contribution in [0.1, 0.15) is 5.56 Å². The van der Waals surface area contributed by atoms with Crippen LogP contribution >= 0.6 is 23.2 Å². The van der Waals surface area contributed by atoms with E-state index in [1.807, 2.05) is 0 Å². The molecular weight excluding hydrogens is 354 g/mol. The number of aryl methyl sites for hydroxylation is 1. The average Bonchev–Trinajstić information content (AvgIpc) is 2.72. The highest BCUT2D eigenvalue weighted by Crippen LogP contribution is 2.38. The van der Waals surface area contributed by atoms with E-state index < -0.39 is 33.0 Å². The Morgan fingerprint density at radius 1 is 1.29 bits per heavy atom. The van der Waals surface area contributed by atoms with Gasteiger partial charge in [0, 0.05) is 13.2 Å². The molecule has 2 aromatic rings. The molecule has 0 bridgehead atoms. The Kier molecular flexibility index (Phi) is 4.40. The number of nitrogens with zero attached hydrogens (tertiary/aromatic N) is 4. The van der Waals surface area contributed by atoms with E-state index in [1.165, 1.54) is 17.1 Å². The van der Waals surface area contributed by atoms with Crippen LogP contribution in [0.3, 0.4) is 0 Å². The molecule has 0 radical (unpaired) electrons. The number of alkyl halides is 3. The maximum absolute atomic E-state index is 12.6. The summed E-state index contributed by atoms with van der Waals surface area (Å²) in [5.74, 6) is -0.389. The van der Waals surface area contributed by atoms with Gasteiger partial charge in [0.2, 0.25) is 5.95 Å². The van der Waals surface area contributed by atoms with E-state index in [4.69, 9.17) is 23.2 Å². The van der Waals surface area contributed by atoms with E-state index in [2.05, 4.69) is 19.8 Å². The lowest BCUT2D eigenvalue weighted by molar-refractivity contribution is -0.137. The first-order chi connectivity index (χ1) is 9.68. The van der Waals surface area contributed by atoms with Crippen molar-refractivity contribution in [3.63, 3.8) is 0 Å². The third-order valence-corrected chi connectivity index (χ3v) is 3.74. The molecule has 0 aliphatic heterocycles. The van der Waals surface area contributed by atoms with Gasteiger partial charge in [0.1, 0.15) is 15.9 Å². The molecule has 1 N–H and O–H groups in total. The third-order valence-electron chi connectivity index (χ3n) is 2.18. The van der Waals surface area contributed by atoms with Gasteiger partial charge in [-0.1, -0.05) is 23.2 Å². The highest BCUT2D eigenvalue weighted by Gasteiger charge is 2.38. The van der Waals surface area contributed by atoms with Gasteiger partial charge in [-0.3, -0.25) is 9.40 Å². The average molecular weight is 360 g/mol. The predicted octanol–water partition coefficient (Wildman–Crippen LogP) is 2.67. The summed E-state index contributed by atoms with van der Waals surface area (Å²) in [6.07, 6.45) is -2.01. The Morgan fingerprint density at radius 2 is 1.86 bits per heavy atom. The highest BCUT2D eigenvalue weighted by atomic mass is 35.5. The SMILES string of the molecule is Cn1cc(S(=O)Nc2nc(Cl)c(C(F)(F)F)c(Cl)n2)cn1. The summed E-state index contributed by atoms with van der Waals surface area (Å²) >= 11 is 10.9. The van der Waals surface area contributed by atoms with Crippen molar-refractivity contribution in [3.05, 3.63) is 28.3 Å². The molecule has 2 heterocycles. The zero-order valence-electron chi connectivity index (χ0n) is 10.1. The number of aromatic nitrogens is 4. The number of halogens is 5. The van der Waals surface area contributed by atoms with Crippen molar-refractivity contribution in [1.82, 2.24) is 19.7 Å². The fourth-order valence-electron chi connectivity index (χ4n) is 1.32. The molecule has 12 heteroatoms. The second kappa shape index (κ2) is 5.78. The predicted molar refractivity (Wildman–Crippen MR) is 70.3 cm³/mol. The second-order valence-electron chi connectivity index (χ2n) is 3.72. The Hall–Kier alpha value is -1.39. The standard InChI is InChI=1S/C9H6Cl2F3N5OS/c1-19-3-4(2-15-19)21(20)18-8-16-6(10)5(7(11)17-8)9(12,13)14/h2-3H,1H3,(H,16,17,18). The molecular formula is C9H6Cl2F3N5OS. The van der Waals surface area contributed by atoms with Gasteiger partial charge in [-0.15, -0.1) is 0 Å². The molecule has 0 saturated heterocycles. The molecule has 2 rings (SSSR count). The minimum atomic E-state index is -4.78. The summed E-state index contributed by atoms with van der Waals surface area (Å²) in [6.45, 7) is 0. The molecule has 1 atom stereocenters. The van der Waals surface area contributed by atoms with Gasteiger partial charge >= 0.3 is 6.18 Å². The quantitative estimate of drug-likeness (QED) is 0.855. The first-order valence-corrected chi connectivity index (χ1v) is 7.06. The lowest BCUT2D eigenvalue weighted by Crippen LogP contribution is -2.13. The van der Waals surface area contributed by atoms with E-state index in [-0.39, 0.29) is 10.8 Å². The van der Waals surface area contributed by atoms with Crippen molar-refractivity contribution < 1.29 is 17.4 Å². The van der Waals surface area contributed by atoms with Crippen LogP contribution in [0.25, 0.3) is 0 Å². The molecule has 0 spiro atoms. The topological polar surface area (TPSA) is 72.7 Å². The lowest BCUT2D eigenvalue weighted by atomic mass is 10.3. The molecule has 0 aliphatic rings. The van der Waals surface area contributed by atoms with E-state index in [9.17, 15) is 17.4 Å². The van der Waals surface area contributed by atoms with Crippen LogP contribution in [0.4, 0.5) is 19.1 Å². The van der Waals surface area contributed by atoms with Crippen molar-refractivity contribution in [2.75, 3.05) is 4.72 Å². The van der Waals surface area contributed by atoms with Crippen LogP contribution in [-0.4, -0.2) is 24.0 Å². The Bertz CT molecular complexity index is 682. The fraction of sp³-hybridized carbons (Fsp3) is 0.222. The Morgan fingerprint density at radius 3 is 2.29 bits per heavy atom.